The second-order valence-corrected chi connectivity index (χ2v) is 7.89. The summed E-state index contributed by atoms with van der Waals surface area (Å²) < 4.78 is 6.72. The molecule has 0 spiro atoms. The second-order valence-electron chi connectivity index (χ2n) is 6.00. The highest BCUT2D eigenvalue weighted by atomic mass is 35.5. The summed E-state index contributed by atoms with van der Waals surface area (Å²) in [5.74, 6) is -0.0634. The highest BCUT2D eigenvalue weighted by Gasteiger charge is 2.21. The fraction of sp³-hybridized carbons (Fsp3) is 0.158. The van der Waals surface area contributed by atoms with Crippen molar-refractivity contribution in [3.63, 3.8) is 0 Å². The Morgan fingerprint density at radius 3 is 2.66 bits per heavy atom. The quantitative estimate of drug-likeness (QED) is 0.358. The second kappa shape index (κ2) is 8.86. The van der Waals surface area contributed by atoms with E-state index < -0.39 is 10.8 Å². The van der Waals surface area contributed by atoms with Crippen LogP contribution in [0, 0.1) is 24.0 Å². The number of nitro benzene ring substituents is 1. The van der Waals surface area contributed by atoms with Gasteiger partial charge in [-0.2, -0.15) is 5.10 Å². The number of rotatable bonds is 6. The zero-order valence-electron chi connectivity index (χ0n) is 15.4. The zero-order valence-corrected chi connectivity index (χ0v) is 17.7. The summed E-state index contributed by atoms with van der Waals surface area (Å²) in [6.45, 7) is 3.19. The monoisotopic (exact) mass is 451 g/mol. The van der Waals surface area contributed by atoms with Gasteiger partial charge >= 0.3 is 0 Å². The molecule has 0 N–H and O–H groups in total. The van der Waals surface area contributed by atoms with Gasteiger partial charge in [0.1, 0.15) is 5.75 Å². The van der Waals surface area contributed by atoms with Crippen molar-refractivity contribution in [2.24, 2.45) is 0 Å². The van der Waals surface area contributed by atoms with Crippen LogP contribution >= 0.6 is 35.0 Å². The molecular formula is C19H15Cl2N3O4S. The van der Waals surface area contributed by atoms with Crippen LogP contribution in [0.4, 0.5) is 5.69 Å². The predicted molar refractivity (Wildman–Crippen MR) is 112 cm³/mol. The van der Waals surface area contributed by atoms with E-state index in [9.17, 15) is 14.9 Å². The lowest BCUT2D eigenvalue weighted by atomic mass is 10.3. The summed E-state index contributed by atoms with van der Waals surface area (Å²) in [5, 5.41) is 16.3. The van der Waals surface area contributed by atoms with Crippen LogP contribution in [0.15, 0.2) is 52.3 Å². The van der Waals surface area contributed by atoms with Crippen LogP contribution in [-0.4, -0.2) is 27.2 Å². The van der Waals surface area contributed by atoms with Crippen molar-refractivity contribution in [2.75, 3.05) is 6.61 Å². The van der Waals surface area contributed by atoms with Gasteiger partial charge in [-0.05, 0) is 38.1 Å². The Bertz CT molecular complexity index is 1100. The lowest BCUT2D eigenvalue weighted by Crippen LogP contribution is -2.21. The predicted octanol–water partition coefficient (Wildman–Crippen LogP) is 5.59. The number of para-hydroxylation sites is 1. The van der Waals surface area contributed by atoms with Gasteiger partial charge in [-0.3, -0.25) is 14.9 Å². The first-order chi connectivity index (χ1) is 13.8. The van der Waals surface area contributed by atoms with Gasteiger partial charge < -0.3 is 4.74 Å². The van der Waals surface area contributed by atoms with E-state index in [1.807, 2.05) is 0 Å². The number of nitrogens with zero attached hydrogens (tertiary/aromatic N) is 3. The molecule has 1 aromatic heterocycles. The van der Waals surface area contributed by atoms with Crippen molar-refractivity contribution in [1.29, 1.82) is 0 Å². The van der Waals surface area contributed by atoms with Gasteiger partial charge in [-0.15, -0.1) is 0 Å². The standard InChI is InChI=1S/C19H15Cl2N3O4S/c1-11-19(29-17-6-4-3-5-15(17)24(26)27)12(2)23(22-11)18(25)10-28-16-8-7-13(20)9-14(16)21/h3-9H,10H2,1-2H3. The zero-order chi connectivity index (χ0) is 21.1. The van der Waals surface area contributed by atoms with E-state index >= 15 is 0 Å². The van der Waals surface area contributed by atoms with E-state index in [0.717, 1.165) is 0 Å². The van der Waals surface area contributed by atoms with Gasteiger partial charge in [-0.25, -0.2) is 4.68 Å². The van der Waals surface area contributed by atoms with Crippen LogP contribution in [-0.2, 0) is 0 Å². The lowest BCUT2D eigenvalue weighted by Gasteiger charge is -2.08. The fourth-order valence-corrected chi connectivity index (χ4v) is 4.12. The topological polar surface area (TPSA) is 87.3 Å². The minimum atomic E-state index is -0.438. The molecule has 29 heavy (non-hydrogen) atoms. The van der Waals surface area contributed by atoms with E-state index in [-0.39, 0.29) is 12.3 Å². The Labute approximate surface area is 180 Å². The number of ether oxygens (including phenoxy) is 1. The largest absolute Gasteiger partial charge is 0.482 e. The molecule has 2 aromatic carbocycles. The Hall–Kier alpha value is -2.55. The summed E-state index contributed by atoms with van der Waals surface area (Å²) in [6.07, 6.45) is 0. The number of benzene rings is 2. The molecule has 0 bridgehead atoms. The number of carbonyl (C=O) groups excluding carboxylic acids is 1. The maximum Gasteiger partial charge on any atom is 0.285 e. The van der Waals surface area contributed by atoms with Crippen LogP contribution in [0.2, 0.25) is 10.0 Å². The summed E-state index contributed by atoms with van der Waals surface area (Å²) in [6, 6.07) is 11.1. The molecule has 3 aromatic rings. The number of halogens is 2. The number of aryl methyl sites for hydroxylation is 1. The fourth-order valence-electron chi connectivity index (χ4n) is 2.62. The van der Waals surface area contributed by atoms with E-state index in [1.54, 1.807) is 44.2 Å². The number of carbonyl (C=O) groups is 1. The average molecular weight is 452 g/mol. The van der Waals surface area contributed by atoms with E-state index in [0.29, 0.717) is 37.0 Å². The Kier molecular flexibility index (Phi) is 6.46. The highest BCUT2D eigenvalue weighted by molar-refractivity contribution is 7.99. The third kappa shape index (κ3) is 4.72. The average Bonchev–Trinajstić information content (AvgIpc) is 2.95. The molecule has 3 rings (SSSR count). The molecular weight excluding hydrogens is 437 g/mol. The van der Waals surface area contributed by atoms with Crippen LogP contribution < -0.4 is 4.74 Å². The summed E-state index contributed by atoms with van der Waals surface area (Å²) >= 11 is 13.1. The minimum Gasteiger partial charge on any atom is -0.482 e. The van der Waals surface area contributed by atoms with Crippen molar-refractivity contribution < 1.29 is 14.5 Å². The number of hydrogen-bond acceptors (Lipinski definition) is 6. The van der Waals surface area contributed by atoms with Crippen molar-refractivity contribution in [3.8, 4) is 5.75 Å². The molecule has 0 aliphatic heterocycles. The van der Waals surface area contributed by atoms with Gasteiger partial charge in [0.25, 0.3) is 11.6 Å². The summed E-state index contributed by atoms with van der Waals surface area (Å²) in [4.78, 5) is 24.6. The molecule has 0 atom stereocenters. The Balaban J connectivity index is 1.80. The van der Waals surface area contributed by atoms with Crippen LogP contribution in [0.5, 0.6) is 5.75 Å². The van der Waals surface area contributed by atoms with Crippen LogP contribution in [0.25, 0.3) is 0 Å². The number of aromatic nitrogens is 2. The third-order valence-corrected chi connectivity index (χ3v) is 5.87. The molecule has 10 heteroatoms. The molecule has 1 heterocycles. The molecule has 0 amide bonds. The lowest BCUT2D eigenvalue weighted by molar-refractivity contribution is -0.387. The third-order valence-electron chi connectivity index (χ3n) is 3.98. The summed E-state index contributed by atoms with van der Waals surface area (Å²) in [5.41, 5.74) is 1.15. The minimum absolute atomic E-state index is 0.00362. The first-order valence-electron chi connectivity index (χ1n) is 8.36. The van der Waals surface area contributed by atoms with Crippen molar-refractivity contribution in [1.82, 2.24) is 9.78 Å². The van der Waals surface area contributed by atoms with Gasteiger partial charge in [0.2, 0.25) is 0 Å². The maximum atomic E-state index is 12.6. The van der Waals surface area contributed by atoms with E-state index in [1.165, 1.54) is 28.6 Å². The first-order valence-corrected chi connectivity index (χ1v) is 9.93. The summed E-state index contributed by atoms with van der Waals surface area (Å²) in [7, 11) is 0. The van der Waals surface area contributed by atoms with Crippen molar-refractivity contribution in [3.05, 3.63) is 74.0 Å². The molecule has 0 saturated heterocycles. The van der Waals surface area contributed by atoms with Crippen molar-refractivity contribution >= 4 is 46.6 Å². The van der Waals surface area contributed by atoms with E-state index in [2.05, 4.69) is 5.10 Å². The van der Waals surface area contributed by atoms with E-state index in [4.69, 9.17) is 27.9 Å². The Morgan fingerprint density at radius 1 is 1.24 bits per heavy atom. The molecule has 0 radical (unpaired) electrons. The molecule has 150 valence electrons. The molecule has 0 fully saturated rings. The van der Waals surface area contributed by atoms with Gasteiger partial charge in [-0.1, -0.05) is 47.1 Å². The van der Waals surface area contributed by atoms with Crippen LogP contribution in [0.1, 0.15) is 16.2 Å². The SMILES string of the molecule is Cc1nn(C(=O)COc2ccc(Cl)cc2Cl)c(C)c1Sc1ccccc1[N+](=O)[O-]. The molecule has 0 aliphatic rings. The molecule has 0 unspecified atom stereocenters. The Morgan fingerprint density at radius 2 is 1.97 bits per heavy atom. The normalized spacial score (nSPS) is 10.8. The smallest absolute Gasteiger partial charge is 0.285 e. The molecule has 7 nitrogen and oxygen atoms in total. The molecule has 0 saturated carbocycles. The van der Waals surface area contributed by atoms with Gasteiger partial charge in [0, 0.05) is 11.1 Å². The maximum absolute atomic E-state index is 12.6. The van der Waals surface area contributed by atoms with Gasteiger partial charge in [0.05, 0.1) is 31.1 Å². The van der Waals surface area contributed by atoms with Crippen LogP contribution in [0.3, 0.4) is 0 Å². The van der Waals surface area contributed by atoms with Gasteiger partial charge in [0.15, 0.2) is 6.61 Å². The number of hydrogen-bond donors (Lipinski definition) is 0. The highest BCUT2D eigenvalue weighted by Crippen LogP contribution is 2.37. The number of nitro groups is 1. The van der Waals surface area contributed by atoms with Crippen molar-refractivity contribution in [2.45, 2.75) is 23.6 Å². The first kappa shape index (κ1) is 21.2. The molecule has 0 aliphatic carbocycles.